The zero-order chi connectivity index (χ0) is 14.2. The molecule has 4 rings (SSSR count). The van der Waals surface area contributed by atoms with Crippen LogP contribution in [0.1, 0.15) is 11.3 Å². The van der Waals surface area contributed by atoms with Gasteiger partial charge in [0.1, 0.15) is 5.65 Å². The van der Waals surface area contributed by atoms with E-state index in [0.29, 0.717) is 0 Å². The van der Waals surface area contributed by atoms with E-state index in [4.69, 9.17) is 4.98 Å². The van der Waals surface area contributed by atoms with Crippen LogP contribution in [0.2, 0.25) is 0 Å². The first kappa shape index (κ1) is 13.2. The average Bonchev–Trinajstić information content (AvgIpc) is 2.80. The SMILES string of the molecule is Cc1ccc2nc(CN3CCN(C4CNC4)CC3)cn2c1. The van der Waals surface area contributed by atoms with E-state index in [2.05, 4.69) is 51.0 Å². The highest BCUT2D eigenvalue weighted by Crippen LogP contribution is 2.13. The normalized spacial score (nSPS) is 21.8. The average molecular weight is 285 g/mol. The van der Waals surface area contributed by atoms with Crippen LogP contribution in [-0.2, 0) is 6.54 Å². The molecular weight excluding hydrogens is 262 g/mol. The van der Waals surface area contributed by atoms with Crippen molar-refractivity contribution in [3.8, 4) is 0 Å². The van der Waals surface area contributed by atoms with Crippen LogP contribution in [-0.4, -0.2) is 64.5 Å². The minimum Gasteiger partial charge on any atom is -0.314 e. The molecule has 2 fully saturated rings. The number of fused-ring (bicyclic) bond motifs is 1. The molecule has 5 nitrogen and oxygen atoms in total. The van der Waals surface area contributed by atoms with Gasteiger partial charge >= 0.3 is 0 Å². The van der Waals surface area contributed by atoms with Gasteiger partial charge in [-0.3, -0.25) is 9.80 Å². The summed E-state index contributed by atoms with van der Waals surface area (Å²) in [6.07, 6.45) is 4.32. The van der Waals surface area contributed by atoms with Gasteiger partial charge in [-0.15, -0.1) is 0 Å². The summed E-state index contributed by atoms with van der Waals surface area (Å²) in [5.41, 5.74) is 3.50. The Morgan fingerprint density at radius 3 is 2.67 bits per heavy atom. The van der Waals surface area contributed by atoms with E-state index in [1.54, 1.807) is 0 Å². The Morgan fingerprint density at radius 2 is 1.95 bits per heavy atom. The quantitative estimate of drug-likeness (QED) is 0.902. The lowest BCUT2D eigenvalue weighted by atomic mass is 10.1. The maximum absolute atomic E-state index is 4.73. The van der Waals surface area contributed by atoms with E-state index in [1.807, 2.05) is 0 Å². The lowest BCUT2D eigenvalue weighted by molar-refractivity contribution is 0.0691. The van der Waals surface area contributed by atoms with E-state index in [9.17, 15) is 0 Å². The van der Waals surface area contributed by atoms with Crippen molar-refractivity contribution in [2.24, 2.45) is 0 Å². The molecule has 21 heavy (non-hydrogen) atoms. The van der Waals surface area contributed by atoms with Gasteiger partial charge in [0.25, 0.3) is 0 Å². The van der Waals surface area contributed by atoms with Crippen molar-refractivity contribution in [3.63, 3.8) is 0 Å². The van der Waals surface area contributed by atoms with Gasteiger partial charge < -0.3 is 9.72 Å². The molecule has 5 heteroatoms. The first-order chi connectivity index (χ1) is 10.3. The van der Waals surface area contributed by atoms with Gasteiger partial charge in [-0.2, -0.15) is 0 Å². The summed E-state index contributed by atoms with van der Waals surface area (Å²) in [5.74, 6) is 0. The van der Waals surface area contributed by atoms with Crippen LogP contribution >= 0.6 is 0 Å². The van der Waals surface area contributed by atoms with Gasteiger partial charge in [0, 0.05) is 64.2 Å². The van der Waals surface area contributed by atoms with E-state index in [0.717, 1.165) is 31.3 Å². The number of aromatic nitrogens is 2. The highest BCUT2D eigenvalue weighted by Gasteiger charge is 2.27. The summed E-state index contributed by atoms with van der Waals surface area (Å²) < 4.78 is 2.14. The van der Waals surface area contributed by atoms with Crippen LogP contribution in [0.3, 0.4) is 0 Å². The molecule has 2 aromatic heterocycles. The Morgan fingerprint density at radius 1 is 1.14 bits per heavy atom. The molecule has 0 spiro atoms. The van der Waals surface area contributed by atoms with Crippen LogP contribution in [0.4, 0.5) is 0 Å². The van der Waals surface area contributed by atoms with Gasteiger partial charge in [0.05, 0.1) is 5.69 Å². The van der Waals surface area contributed by atoms with Crippen molar-refractivity contribution < 1.29 is 0 Å². The van der Waals surface area contributed by atoms with Crippen molar-refractivity contribution in [2.45, 2.75) is 19.5 Å². The Kier molecular flexibility index (Phi) is 3.41. The van der Waals surface area contributed by atoms with Crippen molar-refractivity contribution in [1.29, 1.82) is 0 Å². The zero-order valence-corrected chi connectivity index (χ0v) is 12.6. The highest BCUT2D eigenvalue weighted by atomic mass is 15.3. The number of hydrogen-bond donors (Lipinski definition) is 1. The summed E-state index contributed by atoms with van der Waals surface area (Å²) in [6, 6.07) is 5.00. The summed E-state index contributed by atoms with van der Waals surface area (Å²) in [5, 5.41) is 3.36. The van der Waals surface area contributed by atoms with E-state index < -0.39 is 0 Å². The second-order valence-corrected chi connectivity index (χ2v) is 6.33. The third kappa shape index (κ3) is 2.69. The molecule has 1 N–H and O–H groups in total. The number of nitrogens with one attached hydrogen (secondary N) is 1. The zero-order valence-electron chi connectivity index (χ0n) is 12.6. The molecule has 0 saturated carbocycles. The lowest BCUT2D eigenvalue weighted by Crippen LogP contribution is -2.61. The van der Waals surface area contributed by atoms with E-state index in [-0.39, 0.29) is 0 Å². The predicted octanol–water partition coefficient (Wildman–Crippen LogP) is 0.732. The number of aryl methyl sites for hydroxylation is 1. The largest absolute Gasteiger partial charge is 0.314 e. The molecule has 2 aliphatic rings. The third-order valence-corrected chi connectivity index (χ3v) is 4.72. The van der Waals surface area contributed by atoms with Crippen molar-refractivity contribution >= 4 is 5.65 Å². The fourth-order valence-electron chi connectivity index (χ4n) is 3.28. The fraction of sp³-hybridized carbons (Fsp3) is 0.562. The highest BCUT2D eigenvalue weighted by molar-refractivity contribution is 5.41. The molecule has 112 valence electrons. The Bertz CT molecular complexity index is 623. The standard InChI is InChI=1S/C16H23N5/c1-13-2-3-16-18-14(12-21(16)10-13)11-19-4-6-20(7-5-19)15-8-17-9-15/h2-3,10,12,15,17H,4-9,11H2,1H3. The number of nitrogens with zero attached hydrogens (tertiary/aromatic N) is 4. The summed E-state index contributed by atoms with van der Waals surface area (Å²) in [6.45, 7) is 10.1. The lowest BCUT2D eigenvalue weighted by Gasteiger charge is -2.43. The number of hydrogen-bond acceptors (Lipinski definition) is 4. The number of pyridine rings is 1. The molecular formula is C16H23N5. The molecule has 0 aliphatic carbocycles. The summed E-state index contributed by atoms with van der Waals surface area (Å²) in [4.78, 5) is 9.88. The first-order valence-corrected chi connectivity index (χ1v) is 7.89. The predicted molar refractivity (Wildman–Crippen MR) is 83.4 cm³/mol. The van der Waals surface area contributed by atoms with Crippen LogP contribution in [0.25, 0.3) is 5.65 Å². The first-order valence-electron chi connectivity index (χ1n) is 7.89. The van der Waals surface area contributed by atoms with Gasteiger partial charge in [-0.05, 0) is 18.6 Å². The Hall–Kier alpha value is -1.43. The van der Waals surface area contributed by atoms with Crippen molar-refractivity contribution in [2.75, 3.05) is 39.3 Å². The van der Waals surface area contributed by atoms with Crippen molar-refractivity contribution in [1.82, 2.24) is 24.5 Å². The maximum atomic E-state index is 4.73. The molecule has 4 heterocycles. The van der Waals surface area contributed by atoms with Gasteiger partial charge in [-0.25, -0.2) is 4.98 Å². The molecule has 0 unspecified atom stereocenters. The molecule has 2 aromatic rings. The molecule has 2 saturated heterocycles. The maximum Gasteiger partial charge on any atom is 0.137 e. The third-order valence-electron chi connectivity index (χ3n) is 4.72. The smallest absolute Gasteiger partial charge is 0.137 e. The molecule has 2 aliphatic heterocycles. The minimum atomic E-state index is 0.783. The minimum absolute atomic E-state index is 0.783. The molecule has 0 amide bonds. The fourth-order valence-corrected chi connectivity index (χ4v) is 3.28. The molecule has 0 radical (unpaired) electrons. The molecule has 0 aromatic carbocycles. The number of rotatable bonds is 3. The van der Waals surface area contributed by atoms with Crippen LogP contribution in [0.15, 0.2) is 24.5 Å². The molecule has 0 atom stereocenters. The number of piperazine rings is 1. The summed E-state index contributed by atoms with van der Waals surface area (Å²) >= 11 is 0. The Balaban J connectivity index is 1.39. The topological polar surface area (TPSA) is 35.8 Å². The van der Waals surface area contributed by atoms with E-state index in [1.165, 1.54) is 37.4 Å². The van der Waals surface area contributed by atoms with Gasteiger partial charge in [0.2, 0.25) is 0 Å². The second-order valence-electron chi connectivity index (χ2n) is 6.33. The van der Waals surface area contributed by atoms with Crippen LogP contribution < -0.4 is 5.32 Å². The van der Waals surface area contributed by atoms with Crippen LogP contribution in [0, 0.1) is 6.92 Å². The van der Waals surface area contributed by atoms with Crippen LogP contribution in [0.5, 0.6) is 0 Å². The second kappa shape index (κ2) is 5.40. The monoisotopic (exact) mass is 285 g/mol. The van der Waals surface area contributed by atoms with Gasteiger partial charge in [0.15, 0.2) is 0 Å². The van der Waals surface area contributed by atoms with Gasteiger partial charge in [-0.1, -0.05) is 6.07 Å². The van der Waals surface area contributed by atoms with Crippen molar-refractivity contribution in [3.05, 3.63) is 35.8 Å². The number of imidazole rings is 1. The van der Waals surface area contributed by atoms with E-state index >= 15 is 0 Å². The Labute approximate surface area is 125 Å². The molecule has 0 bridgehead atoms. The summed E-state index contributed by atoms with van der Waals surface area (Å²) in [7, 11) is 0.